The van der Waals surface area contributed by atoms with Crippen molar-refractivity contribution in [3.63, 3.8) is 0 Å². The largest absolute Gasteiger partial charge is 0.507 e. The monoisotopic (exact) mass is 301 g/mol. The average Bonchev–Trinajstić information content (AvgIpc) is 2.79. The summed E-state index contributed by atoms with van der Waals surface area (Å²) < 4.78 is 13.1. The number of amides is 1. The topological polar surface area (TPSA) is 40.5 Å². The molecule has 1 aliphatic rings. The Balaban J connectivity index is 2.27. The van der Waals surface area contributed by atoms with Crippen LogP contribution in [-0.2, 0) is 0 Å². The van der Waals surface area contributed by atoms with E-state index in [0.29, 0.717) is 11.9 Å². The van der Waals surface area contributed by atoms with Crippen LogP contribution in [0.4, 0.5) is 4.39 Å². The number of carbonyl (C=O) groups excluding carboxylic acids is 1. The number of alkyl halides is 1. The summed E-state index contributed by atoms with van der Waals surface area (Å²) in [5.41, 5.74) is 0.0397. The molecule has 0 spiro atoms. The normalized spacial score (nSPS) is 19.6. The van der Waals surface area contributed by atoms with E-state index in [2.05, 4.69) is 15.9 Å². The minimum atomic E-state index is -0.513. The fourth-order valence-electron chi connectivity index (χ4n) is 2.10. The molecule has 1 atom stereocenters. The molecule has 3 nitrogen and oxygen atoms in total. The molecule has 1 fully saturated rings. The quantitative estimate of drug-likeness (QED) is 0.853. The number of benzene rings is 1. The van der Waals surface area contributed by atoms with E-state index in [1.54, 1.807) is 4.90 Å². The summed E-state index contributed by atoms with van der Waals surface area (Å²) in [4.78, 5) is 13.9. The van der Waals surface area contributed by atoms with Crippen molar-refractivity contribution < 1.29 is 14.3 Å². The first-order valence-corrected chi connectivity index (χ1v) is 6.61. The van der Waals surface area contributed by atoms with E-state index in [9.17, 15) is 14.3 Å². The Hall–Kier alpha value is -1.10. The molecule has 92 valence electrons. The number of nitrogens with zero attached hydrogens (tertiary/aromatic N) is 1. The van der Waals surface area contributed by atoms with Crippen LogP contribution in [0.2, 0.25) is 0 Å². The standard InChI is InChI=1S/C12H13BrFNO2/c13-7-9-2-1-5-15(9)12(17)10-6-8(14)3-4-11(10)16/h3-4,6,9,16H,1-2,5,7H2. The third kappa shape index (κ3) is 2.44. The number of hydrogen-bond acceptors (Lipinski definition) is 2. The molecule has 1 unspecified atom stereocenters. The first kappa shape index (κ1) is 12.4. The van der Waals surface area contributed by atoms with Gasteiger partial charge in [-0.1, -0.05) is 15.9 Å². The molecule has 5 heteroatoms. The van der Waals surface area contributed by atoms with Crippen molar-refractivity contribution in [2.75, 3.05) is 11.9 Å². The molecule has 17 heavy (non-hydrogen) atoms. The smallest absolute Gasteiger partial charge is 0.257 e. The number of hydrogen-bond donors (Lipinski definition) is 1. The van der Waals surface area contributed by atoms with Crippen molar-refractivity contribution in [1.82, 2.24) is 4.90 Å². The average molecular weight is 302 g/mol. The highest BCUT2D eigenvalue weighted by molar-refractivity contribution is 9.09. The van der Waals surface area contributed by atoms with Crippen LogP contribution in [0.3, 0.4) is 0 Å². The van der Waals surface area contributed by atoms with Crippen molar-refractivity contribution in [3.05, 3.63) is 29.6 Å². The van der Waals surface area contributed by atoms with Gasteiger partial charge in [-0.05, 0) is 31.0 Å². The molecular formula is C12H13BrFNO2. The van der Waals surface area contributed by atoms with Gasteiger partial charge in [-0.15, -0.1) is 0 Å². The van der Waals surface area contributed by atoms with E-state index in [1.807, 2.05) is 0 Å². The van der Waals surface area contributed by atoms with E-state index in [4.69, 9.17) is 0 Å². The number of aromatic hydroxyl groups is 1. The highest BCUT2D eigenvalue weighted by Gasteiger charge is 2.29. The van der Waals surface area contributed by atoms with E-state index in [0.717, 1.165) is 25.0 Å². The lowest BCUT2D eigenvalue weighted by Gasteiger charge is -2.23. The van der Waals surface area contributed by atoms with Crippen LogP contribution in [0.25, 0.3) is 0 Å². The highest BCUT2D eigenvalue weighted by Crippen LogP contribution is 2.25. The zero-order valence-corrected chi connectivity index (χ0v) is 10.8. The summed E-state index contributed by atoms with van der Waals surface area (Å²) >= 11 is 3.36. The van der Waals surface area contributed by atoms with E-state index in [-0.39, 0.29) is 23.3 Å². The van der Waals surface area contributed by atoms with Gasteiger partial charge in [0.1, 0.15) is 11.6 Å². The van der Waals surface area contributed by atoms with Crippen LogP contribution in [0.1, 0.15) is 23.2 Å². The number of phenols is 1. The van der Waals surface area contributed by atoms with Gasteiger partial charge in [-0.25, -0.2) is 4.39 Å². The Bertz CT molecular complexity index is 439. The SMILES string of the molecule is O=C(c1cc(F)ccc1O)N1CCCC1CBr. The molecule has 0 aromatic heterocycles. The molecule has 0 bridgehead atoms. The minimum absolute atomic E-state index is 0.0397. The molecule has 0 radical (unpaired) electrons. The first-order valence-electron chi connectivity index (χ1n) is 5.49. The Morgan fingerprint density at radius 2 is 2.35 bits per heavy atom. The van der Waals surface area contributed by atoms with Gasteiger partial charge in [0, 0.05) is 17.9 Å². The number of phenolic OH excluding ortho intramolecular Hbond substituents is 1. The maximum atomic E-state index is 13.1. The van der Waals surface area contributed by atoms with Crippen molar-refractivity contribution in [3.8, 4) is 5.75 Å². The van der Waals surface area contributed by atoms with Gasteiger partial charge in [-0.2, -0.15) is 0 Å². The van der Waals surface area contributed by atoms with Crippen molar-refractivity contribution in [2.45, 2.75) is 18.9 Å². The highest BCUT2D eigenvalue weighted by atomic mass is 79.9. The molecule has 1 aromatic rings. The molecule has 1 N–H and O–H groups in total. The predicted molar refractivity (Wildman–Crippen MR) is 65.9 cm³/mol. The Kier molecular flexibility index (Phi) is 3.66. The molecule has 2 rings (SSSR count). The molecular weight excluding hydrogens is 289 g/mol. The first-order chi connectivity index (χ1) is 8.13. The van der Waals surface area contributed by atoms with Crippen LogP contribution in [0, 0.1) is 5.82 Å². The van der Waals surface area contributed by atoms with Crippen LogP contribution in [0.5, 0.6) is 5.75 Å². The third-order valence-electron chi connectivity index (χ3n) is 3.01. The van der Waals surface area contributed by atoms with E-state index in [1.165, 1.54) is 6.07 Å². The number of halogens is 2. The van der Waals surface area contributed by atoms with Crippen molar-refractivity contribution in [2.24, 2.45) is 0 Å². The van der Waals surface area contributed by atoms with Gasteiger partial charge >= 0.3 is 0 Å². The zero-order valence-electron chi connectivity index (χ0n) is 9.20. The molecule has 0 saturated carbocycles. The lowest BCUT2D eigenvalue weighted by atomic mass is 10.1. The lowest BCUT2D eigenvalue weighted by molar-refractivity contribution is 0.0747. The van der Waals surface area contributed by atoms with Gasteiger partial charge in [0.05, 0.1) is 5.56 Å². The molecule has 1 aromatic carbocycles. The molecule has 1 heterocycles. The summed E-state index contributed by atoms with van der Waals surface area (Å²) in [5.74, 6) is -0.985. The molecule has 1 amide bonds. The fraction of sp³-hybridized carbons (Fsp3) is 0.417. The molecule has 1 aliphatic heterocycles. The van der Waals surface area contributed by atoms with Gasteiger partial charge in [0.25, 0.3) is 5.91 Å². The number of likely N-dealkylation sites (tertiary alicyclic amines) is 1. The second kappa shape index (κ2) is 5.04. The predicted octanol–water partition coefficient (Wildman–Crippen LogP) is 2.53. The Labute approximate surface area is 107 Å². The summed E-state index contributed by atoms with van der Waals surface area (Å²) in [6.45, 7) is 0.658. The molecule has 0 aliphatic carbocycles. The van der Waals surface area contributed by atoms with Crippen LogP contribution in [0.15, 0.2) is 18.2 Å². The molecule has 1 saturated heterocycles. The summed E-state index contributed by atoms with van der Waals surface area (Å²) in [5, 5.41) is 10.3. The van der Waals surface area contributed by atoms with Gasteiger partial charge < -0.3 is 10.0 Å². The lowest BCUT2D eigenvalue weighted by Crippen LogP contribution is -2.36. The number of carbonyl (C=O) groups is 1. The third-order valence-corrected chi connectivity index (χ3v) is 3.75. The van der Waals surface area contributed by atoms with Crippen LogP contribution in [-0.4, -0.2) is 33.8 Å². The summed E-state index contributed by atoms with van der Waals surface area (Å²) in [6, 6.07) is 3.56. The van der Waals surface area contributed by atoms with Gasteiger partial charge in [0.15, 0.2) is 0 Å². The van der Waals surface area contributed by atoms with Crippen molar-refractivity contribution in [1.29, 1.82) is 0 Å². The summed E-state index contributed by atoms with van der Waals surface area (Å²) in [6.07, 6.45) is 1.88. The minimum Gasteiger partial charge on any atom is -0.507 e. The van der Waals surface area contributed by atoms with Crippen molar-refractivity contribution >= 4 is 21.8 Å². The van der Waals surface area contributed by atoms with E-state index >= 15 is 0 Å². The van der Waals surface area contributed by atoms with Crippen LogP contribution >= 0.6 is 15.9 Å². The zero-order chi connectivity index (χ0) is 12.4. The van der Waals surface area contributed by atoms with Gasteiger partial charge in [-0.3, -0.25) is 4.79 Å². The Morgan fingerprint density at radius 3 is 3.06 bits per heavy atom. The van der Waals surface area contributed by atoms with Gasteiger partial charge in [0.2, 0.25) is 0 Å². The fourth-order valence-corrected chi connectivity index (χ4v) is 2.77. The maximum absolute atomic E-state index is 13.1. The van der Waals surface area contributed by atoms with E-state index < -0.39 is 5.82 Å². The Morgan fingerprint density at radius 1 is 1.59 bits per heavy atom. The number of rotatable bonds is 2. The summed E-state index contributed by atoms with van der Waals surface area (Å²) in [7, 11) is 0. The second-order valence-electron chi connectivity index (χ2n) is 4.11. The second-order valence-corrected chi connectivity index (χ2v) is 4.76. The van der Waals surface area contributed by atoms with Crippen LogP contribution < -0.4 is 0 Å². The maximum Gasteiger partial charge on any atom is 0.257 e.